The first-order valence-electron chi connectivity index (χ1n) is 4.10. The molecule has 0 aliphatic carbocycles. The van der Waals surface area contributed by atoms with Crippen molar-refractivity contribution in [2.45, 2.75) is 11.1 Å². The summed E-state index contributed by atoms with van der Waals surface area (Å²) in [5.74, 6) is 2.34. The van der Waals surface area contributed by atoms with Gasteiger partial charge in [0.25, 0.3) is 10.0 Å². The Labute approximate surface area is 88.4 Å². The largest absolute Gasteiger partial charge is 0.253 e. The molecule has 5 heteroatoms. The van der Waals surface area contributed by atoms with Crippen molar-refractivity contribution in [3.63, 3.8) is 0 Å². The van der Waals surface area contributed by atoms with Crippen LogP contribution in [0.4, 0.5) is 0 Å². The summed E-state index contributed by atoms with van der Waals surface area (Å²) < 4.78 is 25.3. The van der Waals surface area contributed by atoms with E-state index in [0.29, 0.717) is 10.8 Å². The van der Waals surface area contributed by atoms with Crippen molar-refractivity contribution in [2.75, 3.05) is 13.1 Å². The molecule has 1 rings (SSSR count). The molecule has 0 bridgehead atoms. The maximum atomic E-state index is 11.9. The summed E-state index contributed by atoms with van der Waals surface area (Å²) in [6.45, 7) is 2.28. The van der Waals surface area contributed by atoms with Gasteiger partial charge in [-0.1, -0.05) is 18.9 Å². The van der Waals surface area contributed by atoms with E-state index in [-0.39, 0.29) is 6.54 Å². The quantitative estimate of drug-likeness (QED) is 0.732. The van der Waals surface area contributed by atoms with Gasteiger partial charge in [0.15, 0.2) is 0 Å². The second-order valence-corrected chi connectivity index (χ2v) is 5.68. The summed E-state index contributed by atoms with van der Waals surface area (Å²) in [4.78, 5) is 0. The Balaban J connectivity index is 3.01. The number of terminal acetylenes is 1. The molecule has 0 atom stereocenters. The molecule has 0 saturated carbocycles. The van der Waals surface area contributed by atoms with Gasteiger partial charge in [0.1, 0.15) is 4.21 Å². The molecule has 0 aliphatic heterocycles. The third-order valence-electron chi connectivity index (χ3n) is 1.71. The predicted molar refractivity (Wildman–Crippen MR) is 57.6 cm³/mol. The summed E-state index contributed by atoms with van der Waals surface area (Å²) >= 11 is 1.20. The smallest absolute Gasteiger partial charge is 0.206 e. The van der Waals surface area contributed by atoms with Crippen molar-refractivity contribution in [3.8, 4) is 12.3 Å². The standard InChI is InChI=1S/C9H11NO2S2/c1-3-7-10(4-2)14(11,12)9-6-5-8-13-9/h1,5-6,8H,4,7H2,2H3. The average molecular weight is 229 g/mol. The zero-order chi connectivity index (χ0) is 10.6. The molecule has 0 unspecified atom stereocenters. The molecule has 14 heavy (non-hydrogen) atoms. The highest BCUT2D eigenvalue weighted by atomic mass is 32.2. The van der Waals surface area contributed by atoms with E-state index in [1.54, 1.807) is 24.4 Å². The molecule has 0 spiro atoms. The zero-order valence-corrected chi connectivity index (χ0v) is 9.44. The van der Waals surface area contributed by atoms with E-state index in [4.69, 9.17) is 6.42 Å². The maximum absolute atomic E-state index is 11.9. The number of thiophene rings is 1. The van der Waals surface area contributed by atoms with Crippen molar-refractivity contribution >= 4 is 21.4 Å². The Morgan fingerprint density at radius 2 is 2.36 bits per heavy atom. The lowest BCUT2D eigenvalue weighted by Crippen LogP contribution is -2.30. The molecule has 0 amide bonds. The van der Waals surface area contributed by atoms with Gasteiger partial charge in [-0.25, -0.2) is 8.42 Å². The lowest BCUT2D eigenvalue weighted by atomic mass is 10.6. The molecule has 1 aromatic rings. The molecule has 3 nitrogen and oxygen atoms in total. The summed E-state index contributed by atoms with van der Waals surface area (Å²) in [6, 6.07) is 3.29. The third kappa shape index (κ3) is 2.15. The predicted octanol–water partition coefficient (Wildman–Crippen LogP) is 1.39. The Kier molecular flexibility index (Phi) is 3.69. The summed E-state index contributed by atoms with van der Waals surface area (Å²) in [6.07, 6.45) is 5.10. The minimum atomic E-state index is -3.36. The van der Waals surface area contributed by atoms with Crippen LogP contribution in [0.1, 0.15) is 6.92 Å². The normalized spacial score (nSPS) is 11.5. The molecule has 1 aromatic heterocycles. The van der Waals surface area contributed by atoms with Crippen LogP contribution in [0.15, 0.2) is 21.7 Å². The van der Waals surface area contributed by atoms with Crippen LogP contribution in [0.25, 0.3) is 0 Å². The van der Waals surface area contributed by atoms with Crippen LogP contribution in [0.2, 0.25) is 0 Å². The van der Waals surface area contributed by atoms with Gasteiger partial charge >= 0.3 is 0 Å². The first-order valence-corrected chi connectivity index (χ1v) is 6.42. The summed E-state index contributed by atoms with van der Waals surface area (Å²) in [5, 5.41) is 1.73. The molecule has 0 aliphatic rings. The highest BCUT2D eigenvalue weighted by Crippen LogP contribution is 2.20. The second kappa shape index (κ2) is 4.60. The SMILES string of the molecule is C#CCN(CC)S(=O)(=O)c1cccs1. The minimum absolute atomic E-state index is 0.122. The molecule has 0 aromatic carbocycles. The van der Waals surface area contributed by atoms with Gasteiger partial charge in [-0.3, -0.25) is 0 Å². The van der Waals surface area contributed by atoms with Crippen LogP contribution < -0.4 is 0 Å². The number of sulfonamides is 1. The van der Waals surface area contributed by atoms with Crippen molar-refractivity contribution in [2.24, 2.45) is 0 Å². The lowest BCUT2D eigenvalue weighted by molar-refractivity contribution is 0.466. The van der Waals surface area contributed by atoms with Crippen LogP contribution in [-0.2, 0) is 10.0 Å². The van der Waals surface area contributed by atoms with E-state index >= 15 is 0 Å². The fourth-order valence-corrected chi connectivity index (χ4v) is 3.51. The Morgan fingerprint density at radius 1 is 1.64 bits per heavy atom. The number of nitrogens with zero attached hydrogens (tertiary/aromatic N) is 1. The molecular weight excluding hydrogens is 218 g/mol. The molecule has 1 heterocycles. The first kappa shape index (κ1) is 11.2. The molecule has 0 radical (unpaired) electrons. The Hall–Kier alpha value is -0.830. The first-order chi connectivity index (χ1) is 6.62. The van der Waals surface area contributed by atoms with Gasteiger partial charge in [-0.2, -0.15) is 4.31 Å². The molecule has 76 valence electrons. The maximum Gasteiger partial charge on any atom is 0.253 e. The van der Waals surface area contributed by atoms with Crippen molar-refractivity contribution in [1.82, 2.24) is 4.31 Å². The average Bonchev–Trinajstić information content (AvgIpc) is 2.66. The van der Waals surface area contributed by atoms with Crippen LogP contribution in [-0.4, -0.2) is 25.8 Å². The van der Waals surface area contributed by atoms with Gasteiger partial charge < -0.3 is 0 Å². The molecular formula is C9H11NO2S2. The second-order valence-electron chi connectivity index (χ2n) is 2.57. The van der Waals surface area contributed by atoms with Crippen LogP contribution in [0.5, 0.6) is 0 Å². The number of rotatable bonds is 4. The third-order valence-corrected chi connectivity index (χ3v) is 5.00. The zero-order valence-electron chi connectivity index (χ0n) is 7.80. The van der Waals surface area contributed by atoms with E-state index in [1.165, 1.54) is 15.6 Å². The van der Waals surface area contributed by atoms with Crippen LogP contribution >= 0.6 is 11.3 Å². The fraction of sp³-hybridized carbons (Fsp3) is 0.333. The Bertz CT molecular complexity index is 414. The number of hydrogen-bond acceptors (Lipinski definition) is 3. The monoisotopic (exact) mass is 229 g/mol. The number of hydrogen-bond donors (Lipinski definition) is 0. The summed E-state index contributed by atoms with van der Waals surface area (Å²) in [5.41, 5.74) is 0. The van der Waals surface area contributed by atoms with Crippen molar-refractivity contribution < 1.29 is 8.42 Å². The van der Waals surface area contributed by atoms with E-state index in [9.17, 15) is 8.42 Å². The minimum Gasteiger partial charge on any atom is -0.206 e. The van der Waals surface area contributed by atoms with Gasteiger partial charge in [0.05, 0.1) is 6.54 Å². The molecule has 0 fully saturated rings. The molecule has 0 saturated heterocycles. The van der Waals surface area contributed by atoms with Crippen molar-refractivity contribution in [3.05, 3.63) is 17.5 Å². The van der Waals surface area contributed by atoms with Gasteiger partial charge in [0.2, 0.25) is 0 Å². The van der Waals surface area contributed by atoms with E-state index in [0.717, 1.165) is 0 Å². The van der Waals surface area contributed by atoms with E-state index in [2.05, 4.69) is 5.92 Å². The van der Waals surface area contributed by atoms with Gasteiger partial charge in [-0.05, 0) is 11.4 Å². The van der Waals surface area contributed by atoms with E-state index < -0.39 is 10.0 Å². The van der Waals surface area contributed by atoms with Gasteiger partial charge in [0, 0.05) is 6.54 Å². The topological polar surface area (TPSA) is 37.4 Å². The van der Waals surface area contributed by atoms with Crippen molar-refractivity contribution in [1.29, 1.82) is 0 Å². The molecule has 0 N–H and O–H groups in total. The lowest BCUT2D eigenvalue weighted by Gasteiger charge is -2.16. The van der Waals surface area contributed by atoms with Crippen LogP contribution in [0, 0.1) is 12.3 Å². The highest BCUT2D eigenvalue weighted by molar-refractivity contribution is 7.91. The van der Waals surface area contributed by atoms with E-state index in [1.807, 2.05) is 0 Å². The Morgan fingerprint density at radius 3 is 2.79 bits per heavy atom. The summed E-state index contributed by atoms with van der Waals surface area (Å²) in [7, 11) is -3.36. The van der Waals surface area contributed by atoms with Gasteiger partial charge in [-0.15, -0.1) is 17.8 Å². The van der Waals surface area contributed by atoms with Crippen LogP contribution in [0.3, 0.4) is 0 Å². The highest BCUT2D eigenvalue weighted by Gasteiger charge is 2.22. The fourth-order valence-electron chi connectivity index (χ4n) is 1.01.